The third-order valence-electron chi connectivity index (χ3n) is 6.58. The summed E-state index contributed by atoms with van der Waals surface area (Å²) in [5.74, 6) is -2.24. The van der Waals surface area contributed by atoms with E-state index in [-0.39, 0.29) is 18.9 Å². The second-order valence-electron chi connectivity index (χ2n) is 9.83. The van der Waals surface area contributed by atoms with Gasteiger partial charge in [-0.3, -0.25) is 24.2 Å². The van der Waals surface area contributed by atoms with Crippen LogP contribution in [0.15, 0.2) is 66.9 Å². The van der Waals surface area contributed by atoms with Crippen LogP contribution in [0.2, 0.25) is 0 Å². The van der Waals surface area contributed by atoms with Crippen LogP contribution in [0.4, 0.5) is 5.69 Å². The van der Waals surface area contributed by atoms with Gasteiger partial charge in [-0.1, -0.05) is 55.5 Å². The minimum absolute atomic E-state index is 0.0324. The zero-order chi connectivity index (χ0) is 29.6. The van der Waals surface area contributed by atoms with Gasteiger partial charge < -0.3 is 32.3 Å². The Labute approximate surface area is 240 Å². The average molecular weight is 562 g/mol. The van der Waals surface area contributed by atoms with Gasteiger partial charge in [-0.05, 0) is 30.5 Å². The summed E-state index contributed by atoms with van der Waals surface area (Å²) in [6, 6.07) is 18.2. The first kappa shape index (κ1) is 31.2. The number of hydrogen-bond donors (Lipinski definition) is 5. The molecule has 3 rings (SSSR count). The van der Waals surface area contributed by atoms with Crippen molar-refractivity contribution in [2.45, 2.75) is 32.2 Å². The highest BCUT2D eigenvalue weighted by atomic mass is 16.2. The van der Waals surface area contributed by atoms with Gasteiger partial charge in [0.25, 0.3) is 0 Å². The number of hydrogen-bond acceptors (Lipinski definition) is 7. The fourth-order valence-electron chi connectivity index (χ4n) is 4.34. The predicted molar refractivity (Wildman–Crippen MR) is 159 cm³/mol. The average Bonchev–Trinajstić information content (AvgIpc) is 2.98. The molecular formula is C30H39N7O4. The van der Waals surface area contributed by atoms with Crippen molar-refractivity contribution in [1.82, 2.24) is 20.5 Å². The molecule has 0 aliphatic rings. The first-order valence-corrected chi connectivity index (χ1v) is 13.7. The molecule has 11 nitrogen and oxygen atoms in total. The van der Waals surface area contributed by atoms with E-state index in [0.717, 1.165) is 16.5 Å². The van der Waals surface area contributed by atoms with Crippen molar-refractivity contribution in [3.05, 3.63) is 72.4 Å². The molecule has 0 saturated heterocycles. The molecule has 7 N–H and O–H groups in total. The molecule has 11 heteroatoms. The smallest absolute Gasteiger partial charge is 0.247 e. The van der Waals surface area contributed by atoms with Gasteiger partial charge in [-0.15, -0.1) is 0 Å². The molecule has 0 bridgehead atoms. The van der Waals surface area contributed by atoms with E-state index < -0.39 is 29.7 Å². The maximum atomic E-state index is 13.2. The van der Waals surface area contributed by atoms with Crippen molar-refractivity contribution in [2.24, 2.45) is 17.4 Å². The number of benzene rings is 2. The van der Waals surface area contributed by atoms with Crippen molar-refractivity contribution in [3.8, 4) is 0 Å². The number of aromatic nitrogens is 1. The van der Waals surface area contributed by atoms with Crippen LogP contribution in [-0.2, 0) is 25.6 Å². The van der Waals surface area contributed by atoms with E-state index in [1.165, 1.54) is 4.90 Å². The lowest BCUT2D eigenvalue weighted by atomic mass is 10.0. The molecule has 0 fully saturated rings. The number of fused-ring (bicyclic) bond motifs is 1. The number of rotatable bonds is 15. The highest BCUT2D eigenvalue weighted by molar-refractivity contribution is 5.99. The summed E-state index contributed by atoms with van der Waals surface area (Å²) in [7, 11) is 0. The van der Waals surface area contributed by atoms with E-state index in [9.17, 15) is 19.2 Å². The van der Waals surface area contributed by atoms with Crippen LogP contribution >= 0.6 is 0 Å². The molecule has 2 atom stereocenters. The number of pyridine rings is 1. The lowest BCUT2D eigenvalue weighted by molar-refractivity contribution is -0.136. The minimum atomic E-state index is -0.855. The molecular weight excluding hydrogens is 522 g/mol. The van der Waals surface area contributed by atoms with Crippen LogP contribution in [0.1, 0.15) is 25.3 Å². The summed E-state index contributed by atoms with van der Waals surface area (Å²) in [6.45, 7) is 2.58. The van der Waals surface area contributed by atoms with E-state index in [2.05, 4.69) is 20.9 Å². The van der Waals surface area contributed by atoms with Gasteiger partial charge in [0.1, 0.15) is 6.04 Å². The Hall–Kier alpha value is -4.35. The van der Waals surface area contributed by atoms with Gasteiger partial charge in [0.05, 0.1) is 23.9 Å². The molecule has 4 amide bonds. The van der Waals surface area contributed by atoms with E-state index in [1.54, 1.807) is 13.1 Å². The largest absolute Gasteiger partial charge is 0.347 e. The van der Waals surface area contributed by atoms with Gasteiger partial charge in [0, 0.05) is 43.9 Å². The van der Waals surface area contributed by atoms with Crippen LogP contribution < -0.4 is 27.4 Å². The molecule has 3 aromatic rings. The molecule has 2 unspecified atom stereocenters. The Morgan fingerprint density at radius 3 is 2.32 bits per heavy atom. The number of nitrogens with one attached hydrogen (secondary N) is 3. The van der Waals surface area contributed by atoms with Crippen molar-refractivity contribution in [1.29, 1.82) is 0 Å². The summed E-state index contributed by atoms with van der Waals surface area (Å²) >= 11 is 0. The van der Waals surface area contributed by atoms with Gasteiger partial charge in [0.15, 0.2) is 0 Å². The lowest BCUT2D eigenvalue weighted by Crippen LogP contribution is -2.48. The lowest BCUT2D eigenvalue weighted by Gasteiger charge is -2.23. The monoisotopic (exact) mass is 561 g/mol. The zero-order valence-corrected chi connectivity index (χ0v) is 23.3. The van der Waals surface area contributed by atoms with Crippen molar-refractivity contribution >= 4 is 40.2 Å². The number of anilines is 1. The molecule has 2 aromatic carbocycles. The zero-order valence-electron chi connectivity index (χ0n) is 23.3. The Bertz CT molecular complexity index is 1310. The summed E-state index contributed by atoms with van der Waals surface area (Å²) < 4.78 is 0. The third-order valence-corrected chi connectivity index (χ3v) is 6.58. The second-order valence-corrected chi connectivity index (χ2v) is 9.83. The first-order valence-electron chi connectivity index (χ1n) is 13.7. The number of para-hydroxylation sites is 1. The van der Waals surface area contributed by atoms with E-state index in [1.807, 2.05) is 60.7 Å². The Morgan fingerprint density at radius 2 is 1.61 bits per heavy atom. The van der Waals surface area contributed by atoms with Gasteiger partial charge in [-0.25, -0.2) is 0 Å². The first-order chi connectivity index (χ1) is 19.8. The fraction of sp³-hybridized carbons (Fsp3) is 0.367. The van der Waals surface area contributed by atoms with Gasteiger partial charge in [0.2, 0.25) is 23.6 Å². The number of carbonyl (C=O) groups excluding carboxylic acids is 4. The molecule has 218 valence electrons. The molecule has 1 heterocycles. The Balaban J connectivity index is 1.59. The molecule has 0 radical (unpaired) electrons. The maximum Gasteiger partial charge on any atom is 0.247 e. The third kappa shape index (κ3) is 9.96. The van der Waals surface area contributed by atoms with Gasteiger partial charge in [-0.2, -0.15) is 0 Å². The number of nitrogens with two attached hydrogens (primary N) is 2. The van der Waals surface area contributed by atoms with Crippen LogP contribution in [0.3, 0.4) is 0 Å². The number of nitrogens with zero attached hydrogens (tertiary/aromatic N) is 2. The van der Waals surface area contributed by atoms with Crippen LogP contribution in [0, 0.1) is 5.92 Å². The Morgan fingerprint density at radius 1 is 0.927 bits per heavy atom. The van der Waals surface area contributed by atoms with Crippen LogP contribution in [0.5, 0.6) is 0 Å². The summed E-state index contributed by atoms with van der Waals surface area (Å²) in [5.41, 5.74) is 13.5. The number of carbonyl (C=O) groups is 4. The quantitative estimate of drug-likeness (QED) is 0.185. The highest BCUT2D eigenvalue weighted by Crippen LogP contribution is 2.17. The van der Waals surface area contributed by atoms with E-state index >= 15 is 0 Å². The normalized spacial score (nSPS) is 12.3. The summed E-state index contributed by atoms with van der Waals surface area (Å²) in [4.78, 5) is 57.1. The van der Waals surface area contributed by atoms with Crippen molar-refractivity contribution in [3.63, 3.8) is 0 Å². The van der Waals surface area contributed by atoms with E-state index in [4.69, 9.17) is 11.5 Å². The Kier molecular flexibility index (Phi) is 12.2. The number of amides is 4. The highest BCUT2D eigenvalue weighted by Gasteiger charge is 2.24. The van der Waals surface area contributed by atoms with Crippen molar-refractivity contribution < 1.29 is 19.2 Å². The topological polar surface area (TPSA) is 173 Å². The number of aryl methyl sites for hydroxylation is 1. The standard InChI is InChI=1S/C30H39N7O4/c1-21(17-28(39)37(15-13-31)16-14-32)29(40)34-20-27(38)36-26(12-11-22-7-3-2-4-8-22)30(41)35-24-18-23-9-5-6-10-25(23)33-19-24/h2-10,18-19,21,26H,11-17,20,31-32H2,1H3,(H,34,40)(H,35,41)(H,36,38). The maximum absolute atomic E-state index is 13.2. The molecule has 0 spiro atoms. The second kappa shape index (κ2) is 16.0. The predicted octanol–water partition coefficient (Wildman–Crippen LogP) is 1.18. The van der Waals surface area contributed by atoms with Crippen LogP contribution in [-0.4, -0.2) is 72.3 Å². The molecule has 0 aliphatic carbocycles. The minimum Gasteiger partial charge on any atom is -0.347 e. The molecule has 0 saturated carbocycles. The summed E-state index contributed by atoms with van der Waals surface area (Å²) in [5, 5.41) is 9.03. The van der Waals surface area contributed by atoms with Gasteiger partial charge >= 0.3 is 0 Å². The van der Waals surface area contributed by atoms with Crippen molar-refractivity contribution in [2.75, 3.05) is 38.0 Å². The molecule has 41 heavy (non-hydrogen) atoms. The molecule has 0 aliphatic heterocycles. The fourth-order valence-corrected chi connectivity index (χ4v) is 4.34. The summed E-state index contributed by atoms with van der Waals surface area (Å²) in [6.07, 6.45) is 2.44. The molecule has 1 aromatic heterocycles. The van der Waals surface area contributed by atoms with Crippen LogP contribution in [0.25, 0.3) is 10.9 Å². The van der Waals surface area contributed by atoms with E-state index in [0.29, 0.717) is 44.7 Å². The SMILES string of the molecule is CC(CC(=O)N(CCN)CCN)C(=O)NCC(=O)NC(CCc1ccccc1)C(=O)Nc1cnc2ccccc2c1.